The first-order valence-electron chi connectivity index (χ1n) is 7.44. The van der Waals surface area contributed by atoms with E-state index in [1.165, 1.54) is 12.7 Å². The number of carbonyl (C=O) groups is 1. The van der Waals surface area contributed by atoms with E-state index in [0.29, 0.717) is 17.0 Å². The Kier molecular flexibility index (Phi) is 3.64. The molecule has 0 aliphatic heterocycles. The van der Waals surface area contributed by atoms with Crippen LogP contribution in [0.4, 0.5) is 0 Å². The van der Waals surface area contributed by atoms with Crippen LogP contribution in [0.5, 0.6) is 0 Å². The van der Waals surface area contributed by atoms with Gasteiger partial charge in [0.05, 0.1) is 12.7 Å². The van der Waals surface area contributed by atoms with Crippen molar-refractivity contribution in [3.05, 3.63) is 53.7 Å². The molecular formula is C18H19N3O2. The fourth-order valence-corrected chi connectivity index (χ4v) is 2.36. The highest BCUT2D eigenvalue weighted by Crippen LogP contribution is 2.25. The van der Waals surface area contributed by atoms with Crippen LogP contribution in [0.1, 0.15) is 36.7 Å². The molecule has 2 heterocycles. The number of rotatable bonds is 2. The van der Waals surface area contributed by atoms with Gasteiger partial charge in [-0.2, -0.15) is 0 Å². The number of pyridine rings is 1. The molecule has 3 aromatic rings. The monoisotopic (exact) mass is 309 g/mol. The van der Waals surface area contributed by atoms with Crippen molar-refractivity contribution in [1.29, 1.82) is 0 Å². The zero-order chi connectivity index (χ0) is 16.6. The van der Waals surface area contributed by atoms with Crippen LogP contribution in [0.3, 0.4) is 0 Å². The van der Waals surface area contributed by atoms with Crippen molar-refractivity contribution >= 4 is 11.6 Å². The molecule has 0 aliphatic rings. The summed E-state index contributed by atoms with van der Waals surface area (Å²) in [6, 6.07) is 11.7. The lowest BCUT2D eigenvalue weighted by molar-refractivity contribution is 0.0600. The molecule has 0 N–H and O–H groups in total. The zero-order valence-electron chi connectivity index (χ0n) is 13.7. The molecule has 0 amide bonds. The molecule has 2 aromatic heterocycles. The topological polar surface area (TPSA) is 56.5 Å². The Morgan fingerprint density at radius 2 is 1.78 bits per heavy atom. The normalized spacial score (nSPS) is 11.7. The maximum atomic E-state index is 11.6. The Hall–Kier alpha value is -2.69. The van der Waals surface area contributed by atoms with E-state index in [1.54, 1.807) is 22.8 Å². The quantitative estimate of drug-likeness (QED) is 0.680. The highest BCUT2D eigenvalue weighted by Gasteiger charge is 2.14. The number of methoxy groups -OCH3 is 1. The third kappa shape index (κ3) is 2.95. The molecule has 118 valence electrons. The maximum Gasteiger partial charge on any atom is 0.339 e. The van der Waals surface area contributed by atoms with E-state index < -0.39 is 5.97 Å². The van der Waals surface area contributed by atoms with Crippen LogP contribution in [-0.4, -0.2) is 27.7 Å². The highest BCUT2D eigenvalue weighted by molar-refractivity contribution is 5.89. The average Bonchev–Trinajstić information content (AvgIpc) is 2.96. The number of aromatic nitrogens is 3. The first-order valence-corrected chi connectivity index (χ1v) is 7.44. The minimum atomic E-state index is -0.390. The van der Waals surface area contributed by atoms with E-state index in [9.17, 15) is 4.79 Å². The second kappa shape index (κ2) is 5.50. The molecule has 0 fully saturated rings. The lowest BCUT2D eigenvalue weighted by Gasteiger charge is -2.18. The highest BCUT2D eigenvalue weighted by atomic mass is 16.5. The fraction of sp³-hybridized carbons (Fsp3) is 0.278. The Balaban J connectivity index is 1.98. The van der Waals surface area contributed by atoms with Gasteiger partial charge in [-0.25, -0.2) is 14.3 Å². The Morgan fingerprint density at radius 3 is 2.39 bits per heavy atom. The van der Waals surface area contributed by atoms with Gasteiger partial charge in [-0.3, -0.25) is 0 Å². The molecule has 0 atom stereocenters. The van der Waals surface area contributed by atoms with Crippen LogP contribution >= 0.6 is 0 Å². The molecule has 23 heavy (non-hydrogen) atoms. The molecule has 5 nitrogen and oxygen atoms in total. The van der Waals surface area contributed by atoms with Gasteiger partial charge < -0.3 is 4.74 Å². The van der Waals surface area contributed by atoms with Gasteiger partial charge in [0, 0.05) is 11.8 Å². The molecule has 0 saturated heterocycles. The third-order valence-electron chi connectivity index (χ3n) is 3.76. The number of esters is 1. The molecule has 0 spiro atoms. The van der Waals surface area contributed by atoms with Crippen molar-refractivity contribution in [2.24, 2.45) is 0 Å². The van der Waals surface area contributed by atoms with Crippen LogP contribution < -0.4 is 0 Å². The Labute approximate surface area is 134 Å². The number of fused-ring (bicyclic) bond motifs is 1. The predicted molar refractivity (Wildman–Crippen MR) is 88.5 cm³/mol. The van der Waals surface area contributed by atoms with Crippen LogP contribution in [0.2, 0.25) is 0 Å². The first-order chi connectivity index (χ1) is 10.9. The third-order valence-corrected chi connectivity index (χ3v) is 3.76. The molecule has 0 radical (unpaired) electrons. The van der Waals surface area contributed by atoms with E-state index in [4.69, 9.17) is 4.74 Å². The molecular weight excluding hydrogens is 290 g/mol. The largest absolute Gasteiger partial charge is 0.465 e. The number of nitrogens with zero attached hydrogens (tertiary/aromatic N) is 3. The summed E-state index contributed by atoms with van der Waals surface area (Å²) in [4.78, 5) is 16.1. The summed E-state index contributed by atoms with van der Waals surface area (Å²) in [5.41, 5.74) is 3.45. The van der Waals surface area contributed by atoms with Gasteiger partial charge in [-0.05, 0) is 23.1 Å². The fourth-order valence-electron chi connectivity index (χ4n) is 2.36. The lowest BCUT2D eigenvalue weighted by atomic mass is 9.87. The van der Waals surface area contributed by atoms with Gasteiger partial charge in [0.25, 0.3) is 0 Å². The summed E-state index contributed by atoms with van der Waals surface area (Å²) in [5.74, 6) is 0.242. The van der Waals surface area contributed by atoms with Gasteiger partial charge in [0.15, 0.2) is 11.5 Å². The van der Waals surface area contributed by atoms with Gasteiger partial charge in [0.2, 0.25) is 0 Å². The molecule has 0 saturated carbocycles. The smallest absolute Gasteiger partial charge is 0.339 e. The number of hydrogen-bond acceptors (Lipinski definition) is 4. The van der Waals surface area contributed by atoms with E-state index in [-0.39, 0.29) is 5.41 Å². The van der Waals surface area contributed by atoms with Gasteiger partial charge in [-0.1, -0.05) is 45.0 Å². The summed E-state index contributed by atoms with van der Waals surface area (Å²) in [6.07, 6.45) is 1.63. The minimum Gasteiger partial charge on any atom is -0.465 e. The second-order valence-corrected chi connectivity index (χ2v) is 6.47. The SMILES string of the molecule is COC(=O)c1ccc2nc(-c3ccc(C(C)(C)C)cc3)nn2c1. The molecule has 0 bridgehead atoms. The van der Waals surface area contributed by atoms with Crippen LogP contribution in [0.15, 0.2) is 42.6 Å². The number of ether oxygens (including phenoxy) is 1. The minimum absolute atomic E-state index is 0.111. The van der Waals surface area contributed by atoms with E-state index in [0.717, 1.165) is 5.56 Å². The van der Waals surface area contributed by atoms with Crippen LogP contribution in [0, 0.1) is 0 Å². The van der Waals surface area contributed by atoms with Crippen molar-refractivity contribution < 1.29 is 9.53 Å². The van der Waals surface area contributed by atoms with Crippen LogP contribution in [0.25, 0.3) is 17.0 Å². The first kappa shape index (κ1) is 15.2. The van der Waals surface area contributed by atoms with Gasteiger partial charge >= 0.3 is 5.97 Å². The number of benzene rings is 1. The van der Waals surface area contributed by atoms with Crippen molar-refractivity contribution in [3.8, 4) is 11.4 Å². The molecule has 0 aliphatic carbocycles. The molecule has 5 heteroatoms. The van der Waals surface area contributed by atoms with Gasteiger partial charge in [0.1, 0.15) is 0 Å². The maximum absolute atomic E-state index is 11.6. The van der Waals surface area contributed by atoms with Crippen molar-refractivity contribution in [2.45, 2.75) is 26.2 Å². The standard InChI is InChI=1S/C18H19N3O2/c1-18(2,3)14-8-5-12(6-9-14)16-19-15-10-7-13(17(22)23-4)11-21(15)20-16/h5-11H,1-4H3. The summed E-state index contributed by atoms with van der Waals surface area (Å²) in [6.45, 7) is 6.54. The van der Waals surface area contributed by atoms with Crippen molar-refractivity contribution in [3.63, 3.8) is 0 Å². The summed E-state index contributed by atoms with van der Waals surface area (Å²) >= 11 is 0. The molecule has 3 rings (SSSR count). The van der Waals surface area contributed by atoms with Crippen molar-refractivity contribution in [1.82, 2.24) is 14.6 Å². The lowest BCUT2D eigenvalue weighted by Crippen LogP contribution is -2.10. The second-order valence-electron chi connectivity index (χ2n) is 6.47. The molecule has 1 aromatic carbocycles. The summed E-state index contributed by atoms with van der Waals surface area (Å²) in [7, 11) is 1.36. The Bertz CT molecular complexity index is 858. The zero-order valence-corrected chi connectivity index (χ0v) is 13.7. The van der Waals surface area contributed by atoms with Crippen molar-refractivity contribution in [2.75, 3.05) is 7.11 Å². The predicted octanol–water partition coefficient (Wildman–Crippen LogP) is 3.48. The van der Waals surface area contributed by atoms with E-state index in [1.807, 2.05) is 12.1 Å². The Morgan fingerprint density at radius 1 is 1.09 bits per heavy atom. The number of carbonyl (C=O) groups excluding carboxylic acids is 1. The number of hydrogen-bond donors (Lipinski definition) is 0. The van der Waals surface area contributed by atoms with Crippen LogP contribution in [-0.2, 0) is 10.2 Å². The van der Waals surface area contributed by atoms with Gasteiger partial charge in [-0.15, -0.1) is 5.10 Å². The van der Waals surface area contributed by atoms with E-state index in [2.05, 4.69) is 43.0 Å². The summed E-state index contributed by atoms with van der Waals surface area (Å²) < 4.78 is 6.32. The summed E-state index contributed by atoms with van der Waals surface area (Å²) in [5, 5.41) is 4.45. The average molecular weight is 309 g/mol. The molecule has 0 unspecified atom stereocenters. The van der Waals surface area contributed by atoms with E-state index >= 15 is 0 Å².